The van der Waals surface area contributed by atoms with Crippen molar-refractivity contribution >= 4 is 43.0 Å². The van der Waals surface area contributed by atoms with Crippen LogP contribution >= 0.6 is 20.8 Å². The molecule has 0 radical (unpaired) electrons. The van der Waals surface area contributed by atoms with Gasteiger partial charge in [-0.05, 0) is 0 Å². The summed E-state index contributed by atoms with van der Waals surface area (Å²) < 4.78 is 0. The van der Waals surface area contributed by atoms with E-state index in [1.165, 1.54) is 21.5 Å². The summed E-state index contributed by atoms with van der Waals surface area (Å²) in [5.41, 5.74) is 3.12. The number of hydrogen-bond acceptors (Lipinski definition) is 1. The molecular weight excluding hydrogens is 523 g/mol. The van der Waals surface area contributed by atoms with Crippen LogP contribution in [-0.2, 0) is 4.79 Å². The quantitative estimate of drug-likeness (QED) is 0.107. The number of allylic oxidation sites excluding steroid dienone is 10. The van der Waals surface area contributed by atoms with Crippen LogP contribution in [-0.4, -0.2) is 12.4 Å². The van der Waals surface area contributed by atoms with Crippen molar-refractivity contribution in [2.45, 2.75) is 20.8 Å². The Balaban J connectivity index is 2.03. The number of hydrogen-bond donors (Lipinski definition) is 0. The van der Waals surface area contributed by atoms with Gasteiger partial charge in [-0.2, -0.15) is 0 Å². The topological polar surface area (TPSA) is 17.1 Å². The van der Waals surface area contributed by atoms with E-state index < -0.39 is 5.31 Å². The van der Waals surface area contributed by atoms with E-state index in [9.17, 15) is 4.79 Å². The van der Waals surface area contributed by atoms with E-state index in [4.69, 9.17) is 0 Å². The average Bonchev–Trinajstić information content (AvgIpc) is 2.92. The molecule has 0 heterocycles. The van der Waals surface area contributed by atoms with E-state index >= 15 is 0 Å². The van der Waals surface area contributed by atoms with E-state index in [1.54, 1.807) is 6.92 Å². The molecule has 0 aliphatic carbocycles. The third-order valence-corrected chi connectivity index (χ3v) is 15.8. The van der Waals surface area contributed by atoms with Crippen molar-refractivity contribution < 1.29 is 4.79 Å². The number of benzene rings is 3. The minimum absolute atomic E-state index is 0.708. The van der Waals surface area contributed by atoms with E-state index in [0.717, 1.165) is 18.0 Å². The van der Waals surface area contributed by atoms with Gasteiger partial charge in [0.2, 0.25) is 0 Å². The second-order valence-electron chi connectivity index (χ2n) is 9.04. The first-order valence-electron chi connectivity index (χ1n) is 12.1. The summed E-state index contributed by atoms with van der Waals surface area (Å²) in [6.45, 7) is 6.06. The van der Waals surface area contributed by atoms with Gasteiger partial charge < -0.3 is 0 Å². The number of carbonyl (C=O) groups excluding carboxylic acids is 1. The Labute approximate surface area is 224 Å². The van der Waals surface area contributed by atoms with Gasteiger partial charge >= 0.3 is 220 Å². The zero-order valence-corrected chi connectivity index (χ0v) is 23.7. The first kappa shape index (κ1) is 27.5. The molecule has 0 spiro atoms. The summed E-state index contributed by atoms with van der Waals surface area (Å²) in [7, 11) is 0. The predicted octanol–water partition coefficient (Wildman–Crippen LogP) is 7.98. The van der Waals surface area contributed by atoms with E-state index in [0.29, 0.717) is 5.57 Å². The van der Waals surface area contributed by atoms with Crippen LogP contribution in [0.15, 0.2) is 150 Å². The van der Waals surface area contributed by atoms with Crippen LogP contribution in [0.1, 0.15) is 20.8 Å². The van der Waals surface area contributed by atoms with Gasteiger partial charge in [0, 0.05) is 0 Å². The molecule has 36 heavy (non-hydrogen) atoms. The van der Waals surface area contributed by atoms with Gasteiger partial charge in [-0.1, -0.05) is 0 Å². The summed E-state index contributed by atoms with van der Waals surface area (Å²) in [4.78, 5) is 10.7. The van der Waals surface area contributed by atoms with Gasteiger partial charge in [0.05, 0.1) is 0 Å². The molecule has 0 saturated heterocycles. The molecule has 0 aromatic heterocycles. The van der Waals surface area contributed by atoms with Crippen LogP contribution in [0.4, 0.5) is 0 Å². The van der Waals surface area contributed by atoms with Gasteiger partial charge in [0.15, 0.2) is 0 Å². The fourth-order valence-electron chi connectivity index (χ4n) is 4.33. The van der Waals surface area contributed by atoms with Crippen LogP contribution in [0, 0.1) is 0 Å². The second-order valence-corrected chi connectivity index (χ2v) is 18.0. The standard InChI is InChI=1S/C33H34BrOP/c1-28(18-15-19-29(2)26-35)16-13-14-17-30(3)27-36(34,31-20-7-4-8-21-31,32-22-9-5-10-23-32)33-24-11-6-12-25-33/h4-26H,27H2,1-3H3/b14-13+,18-15+,28-16+,29-19+,30-17+. The van der Waals surface area contributed by atoms with Crippen LogP contribution in [0.3, 0.4) is 0 Å². The molecular formula is C33H34BrOP. The molecule has 3 aromatic carbocycles. The van der Waals surface area contributed by atoms with Crippen molar-refractivity contribution in [3.8, 4) is 0 Å². The summed E-state index contributed by atoms with van der Waals surface area (Å²) in [5, 5.41) is 0.981. The summed E-state index contributed by atoms with van der Waals surface area (Å²) in [5.74, 6) is 0. The average molecular weight is 558 g/mol. The molecule has 0 amide bonds. The zero-order valence-electron chi connectivity index (χ0n) is 21.2. The molecule has 0 aliphatic rings. The Morgan fingerprint density at radius 2 is 1.06 bits per heavy atom. The van der Waals surface area contributed by atoms with Gasteiger partial charge in [0.1, 0.15) is 0 Å². The van der Waals surface area contributed by atoms with Crippen LogP contribution < -0.4 is 15.9 Å². The summed E-state index contributed by atoms with van der Waals surface area (Å²) in [6.07, 6.45) is 15.9. The Morgan fingerprint density at radius 3 is 1.50 bits per heavy atom. The van der Waals surface area contributed by atoms with Crippen molar-refractivity contribution in [2.24, 2.45) is 0 Å². The number of aldehydes is 1. The van der Waals surface area contributed by atoms with Crippen LogP contribution in [0.25, 0.3) is 0 Å². The maximum atomic E-state index is 10.7. The second kappa shape index (κ2) is 12.8. The first-order valence-corrected chi connectivity index (χ1v) is 16.5. The zero-order chi connectivity index (χ0) is 25.9. The van der Waals surface area contributed by atoms with Gasteiger partial charge in [-0.25, -0.2) is 0 Å². The molecule has 0 bridgehead atoms. The number of rotatable bonds is 10. The minimum atomic E-state index is -2.97. The molecule has 3 heteroatoms. The molecule has 0 atom stereocenters. The van der Waals surface area contributed by atoms with Crippen LogP contribution in [0.2, 0.25) is 0 Å². The van der Waals surface area contributed by atoms with E-state index in [2.05, 4.69) is 138 Å². The Morgan fingerprint density at radius 1 is 0.639 bits per heavy atom. The molecule has 184 valence electrons. The van der Waals surface area contributed by atoms with Crippen molar-refractivity contribution in [1.29, 1.82) is 0 Å². The molecule has 0 N–H and O–H groups in total. The molecule has 3 rings (SSSR count). The summed E-state index contributed by atoms with van der Waals surface area (Å²) >= 11 is 4.51. The van der Waals surface area contributed by atoms with Crippen molar-refractivity contribution in [3.63, 3.8) is 0 Å². The van der Waals surface area contributed by atoms with Gasteiger partial charge in [-0.15, -0.1) is 0 Å². The first-order chi connectivity index (χ1) is 17.4. The Hall–Kier alpha value is -3.06. The fraction of sp³-hybridized carbons (Fsp3) is 0.121. The Bertz CT molecular complexity index is 1200. The normalized spacial score (nSPS) is 14.7. The van der Waals surface area contributed by atoms with Crippen LogP contribution in [0.5, 0.6) is 0 Å². The van der Waals surface area contributed by atoms with E-state index in [-0.39, 0.29) is 0 Å². The number of carbonyl (C=O) groups is 1. The van der Waals surface area contributed by atoms with Gasteiger partial charge in [0.25, 0.3) is 0 Å². The molecule has 0 aliphatic heterocycles. The molecule has 0 fully saturated rings. The maximum absolute atomic E-state index is 10.7. The van der Waals surface area contributed by atoms with Crippen molar-refractivity contribution in [1.82, 2.24) is 0 Å². The third kappa shape index (κ3) is 6.38. The van der Waals surface area contributed by atoms with Crippen molar-refractivity contribution in [3.05, 3.63) is 150 Å². The van der Waals surface area contributed by atoms with Crippen molar-refractivity contribution in [2.75, 3.05) is 6.16 Å². The third-order valence-electron chi connectivity index (χ3n) is 6.19. The Kier molecular flexibility index (Phi) is 9.76. The predicted molar refractivity (Wildman–Crippen MR) is 165 cm³/mol. The molecule has 1 nitrogen and oxygen atoms in total. The molecule has 0 saturated carbocycles. The molecule has 0 unspecified atom stereocenters. The fourth-order valence-corrected chi connectivity index (χ4v) is 12.5. The number of halogens is 1. The molecule has 3 aromatic rings. The SMILES string of the molecule is C\C(C=O)=C/C=C/C(C)=C/C=C/C=C(\C)CP(Br)(c1ccccc1)(c1ccccc1)c1ccccc1. The van der Waals surface area contributed by atoms with E-state index in [1.807, 2.05) is 25.2 Å². The summed E-state index contributed by atoms with van der Waals surface area (Å²) in [6, 6.07) is 32.6. The van der Waals surface area contributed by atoms with Gasteiger partial charge in [-0.3, -0.25) is 4.79 Å². The monoisotopic (exact) mass is 556 g/mol.